The maximum absolute atomic E-state index is 5.58. The molecule has 94 valence electrons. The largest absolute Gasteiger partial charge is 0.423 e. The summed E-state index contributed by atoms with van der Waals surface area (Å²) in [6.45, 7) is 2.59. The number of halogens is 1. The molecule has 0 spiro atoms. The van der Waals surface area contributed by atoms with Crippen LogP contribution in [0.5, 0.6) is 11.8 Å². The second-order valence-electron chi connectivity index (χ2n) is 3.75. The summed E-state index contributed by atoms with van der Waals surface area (Å²) in [6.07, 6.45) is 3.31. The first-order valence-corrected chi connectivity index (χ1v) is 6.24. The first-order valence-electron chi connectivity index (χ1n) is 5.45. The molecule has 2 aromatic heterocycles. The van der Waals surface area contributed by atoms with E-state index in [2.05, 4.69) is 36.2 Å². The average Bonchev–Trinajstić information content (AvgIpc) is 2.28. The Morgan fingerprint density at radius 1 is 1.28 bits per heavy atom. The van der Waals surface area contributed by atoms with Gasteiger partial charge in [-0.05, 0) is 42.0 Å². The zero-order valence-corrected chi connectivity index (χ0v) is 11.7. The van der Waals surface area contributed by atoms with Gasteiger partial charge in [0.05, 0.1) is 11.9 Å². The maximum Gasteiger partial charge on any atom is 0.322 e. The molecule has 0 aliphatic carbocycles. The summed E-state index contributed by atoms with van der Waals surface area (Å²) < 4.78 is 6.43. The van der Waals surface area contributed by atoms with Crippen LogP contribution in [-0.2, 0) is 6.54 Å². The molecule has 2 aromatic rings. The fourth-order valence-electron chi connectivity index (χ4n) is 1.48. The summed E-state index contributed by atoms with van der Waals surface area (Å²) in [5.74, 6) is 0.602. The van der Waals surface area contributed by atoms with Gasteiger partial charge >= 0.3 is 6.01 Å². The molecule has 2 heterocycles. The third-order valence-corrected chi connectivity index (χ3v) is 2.57. The van der Waals surface area contributed by atoms with E-state index in [0.29, 0.717) is 18.3 Å². The molecule has 0 atom stereocenters. The molecule has 0 aromatic carbocycles. The van der Waals surface area contributed by atoms with Gasteiger partial charge in [-0.25, -0.2) is 4.98 Å². The summed E-state index contributed by atoms with van der Waals surface area (Å²) >= 11 is 3.34. The molecule has 0 bridgehead atoms. The number of ether oxygens (including phenoxy) is 1. The van der Waals surface area contributed by atoms with Crippen molar-refractivity contribution in [3.63, 3.8) is 0 Å². The molecular formula is C12H13BrN4O. The third kappa shape index (κ3) is 3.48. The summed E-state index contributed by atoms with van der Waals surface area (Å²) in [5.41, 5.74) is 1.76. The quantitative estimate of drug-likeness (QED) is 0.940. The fourth-order valence-corrected chi connectivity index (χ4v) is 1.82. The molecule has 1 N–H and O–H groups in total. The second-order valence-corrected chi connectivity index (χ2v) is 4.67. The van der Waals surface area contributed by atoms with Crippen LogP contribution in [0.3, 0.4) is 0 Å². The Kier molecular flexibility index (Phi) is 4.22. The van der Waals surface area contributed by atoms with Crippen molar-refractivity contribution in [2.24, 2.45) is 0 Å². The number of hydrogen-bond acceptors (Lipinski definition) is 5. The van der Waals surface area contributed by atoms with Crippen LogP contribution in [-0.4, -0.2) is 22.0 Å². The van der Waals surface area contributed by atoms with Gasteiger partial charge in [0.25, 0.3) is 0 Å². The monoisotopic (exact) mass is 308 g/mol. The van der Waals surface area contributed by atoms with Crippen LogP contribution in [0.25, 0.3) is 0 Å². The van der Waals surface area contributed by atoms with E-state index >= 15 is 0 Å². The van der Waals surface area contributed by atoms with Gasteiger partial charge in [-0.15, -0.1) is 0 Å². The van der Waals surface area contributed by atoms with E-state index in [0.717, 1.165) is 15.9 Å². The van der Waals surface area contributed by atoms with Crippen molar-refractivity contribution in [1.29, 1.82) is 0 Å². The number of hydrogen-bond donors (Lipinski definition) is 1. The molecule has 0 radical (unpaired) electrons. The van der Waals surface area contributed by atoms with E-state index in [1.54, 1.807) is 12.4 Å². The lowest BCUT2D eigenvalue weighted by Gasteiger charge is -2.06. The highest BCUT2D eigenvalue weighted by molar-refractivity contribution is 9.10. The van der Waals surface area contributed by atoms with Crippen LogP contribution < -0.4 is 10.1 Å². The molecule has 5 nitrogen and oxygen atoms in total. The number of pyridine rings is 1. The SMILES string of the molecule is CNCc1cc(C)nc(Oc2cncc(Br)c2)n1. The van der Waals surface area contributed by atoms with Gasteiger partial charge in [-0.1, -0.05) is 0 Å². The lowest BCUT2D eigenvalue weighted by molar-refractivity contribution is 0.435. The van der Waals surface area contributed by atoms with Gasteiger partial charge in [0.2, 0.25) is 0 Å². The lowest BCUT2D eigenvalue weighted by Crippen LogP contribution is -2.08. The molecule has 0 aliphatic rings. The first-order chi connectivity index (χ1) is 8.67. The molecule has 0 fully saturated rings. The lowest BCUT2D eigenvalue weighted by atomic mass is 10.3. The normalized spacial score (nSPS) is 10.4. The summed E-state index contributed by atoms with van der Waals surface area (Å²) in [6, 6.07) is 4.07. The maximum atomic E-state index is 5.58. The highest BCUT2D eigenvalue weighted by Gasteiger charge is 2.05. The van der Waals surface area contributed by atoms with Crippen molar-refractivity contribution in [2.45, 2.75) is 13.5 Å². The Bertz CT molecular complexity index is 547. The minimum Gasteiger partial charge on any atom is -0.423 e. The first kappa shape index (κ1) is 12.9. The molecule has 0 amide bonds. The van der Waals surface area contributed by atoms with Gasteiger partial charge < -0.3 is 10.1 Å². The van der Waals surface area contributed by atoms with Crippen LogP contribution in [0.1, 0.15) is 11.4 Å². The zero-order chi connectivity index (χ0) is 13.0. The summed E-state index contributed by atoms with van der Waals surface area (Å²) in [7, 11) is 1.87. The summed E-state index contributed by atoms with van der Waals surface area (Å²) in [4.78, 5) is 12.6. The van der Waals surface area contributed by atoms with Crippen LogP contribution in [0.15, 0.2) is 29.0 Å². The molecule has 6 heteroatoms. The Morgan fingerprint density at radius 2 is 2.11 bits per heavy atom. The van der Waals surface area contributed by atoms with Crippen molar-refractivity contribution in [1.82, 2.24) is 20.3 Å². The minimum absolute atomic E-state index is 0.333. The molecular weight excluding hydrogens is 296 g/mol. The van der Waals surface area contributed by atoms with Gasteiger partial charge in [0.15, 0.2) is 5.75 Å². The van der Waals surface area contributed by atoms with Crippen LogP contribution in [0, 0.1) is 6.92 Å². The zero-order valence-electron chi connectivity index (χ0n) is 10.1. The van der Waals surface area contributed by atoms with Crippen LogP contribution >= 0.6 is 15.9 Å². The molecule has 0 aliphatic heterocycles. The van der Waals surface area contributed by atoms with Crippen molar-refractivity contribution < 1.29 is 4.74 Å². The van der Waals surface area contributed by atoms with Crippen molar-refractivity contribution in [3.8, 4) is 11.8 Å². The third-order valence-electron chi connectivity index (χ3n) is 2.13. The number of nitrogens with zero attached hydrogens (tertiary/aromatic N) is 3. The number of aryl methyl sites for hydroxylation is 1. The fraction of sp³-hybridized carbons (Fsp3) is 0.250. The summed E-state index contributed by atoms with van der Waals surface area (Å²) in [5, 5.41) is 3.05. The van der Waals surface area contributed by atoms with E-state index in [4.69, 9.17) is 4.74 Å². The van der Waals surface area contributed by atoms with Gasteiger partial charge in [0, 0.05) is 22.9 Å². The van der Waals surface area contributed by atoms with Gasteiger partial charge in [-0.2, -0.15) is 4.98 Å². The van der Waals surface area contributed by atoms with E-state index in [-0.39, 0.29) is 0 Å². The Morgan fingerprint density at radius 3 is 2.83 bits per heavy atom. The molecule has 0 saturated carbocycles. The predicted molar refractivity (Wildman–Crippen MR) is 71.5 cm³/mol. The molecule has 0 unspecified atom stereocenters. The highest BCUT2D eigenvalue weighted by atomic mass is 79.9. The Hall–Kier alpha value is -1.53. The number of rotatable bonds is 4. The van der Waals surface area contributed by atoms with E-state index in [1.165, 1.54) is 0 Å². The van der Waals surface area contributed by atoms with Crippen molar-refractivity contribution >= 4 is 15.9 Å². The van der Waals surface area contributed by atoms with E-state index in [9.17, 15) is 0 Å². The van der Waals surface area contributed by atoms with Crippen LogP contribution in [0.4, 0.5) is 0 Å². The molecule has 2 rings (SSSR count). The minimum atomic E-state index is 0.333. The molecule has 0 saturated heterocycles. The highest BCUT2D eigenvalue weighted by Crippen LogP contribution is 2.20. The second kappa shape index (κ2) is 5.88. The predicted octanol–water partition coefficient (Wildman–Crippen LogP) is 2.45. The van der Waals surface area contributed by atoms with E-state index < -0.39 is 0 Å². The van der Waals surface area contributed by atoms with Crippen molar-refractivity contribution in [3.05, 3.63) is 40.4 Å². The van der Waals surface area contributed by atoms with Crippen molar-refractivity contribution in [2.75, 3.05) is 7.05 Å². The smallest absolute Gasteiger partial charge is 0.322 e. The van der Waals surface area contributed by atoms with E-state index in [1.807, 2.05) is 26.1 Å². The van der Waals surface area contributed by atoms with Gasteiger partial charge in [-0.3, -0.25) is 4.98 Å². The molecule has 18 heavy (non-hydrogen) atoms. The Labute approximate surface area is 114 Å². The van der Waals surface area contributed by atoms with Gasteiger partial charge in [0.1, 0.15) is 0 Å². The Balaban J connectivity index is 2.23. The number of aromatic nitrogens is 3. The van der Waals surface area contributed by atoms with Crippen LogP contribution in [0.2, 0.25) is 0 Å². The topological polar surface area (TPSA) is 59.9 Å². The number of nitrogens with one attached hydrogen (secondary N) is 1. The average molecular weight is 309 g/mol. The standard InChI is InChI=1S/C12H13BrN4O/c1-8-3-10(6-14-2)17-12(16-8)18-11-4-9(13)5-15-7-11/h3-5,7,14H,6H2,1-2H3.